The molecule has 0 heterocycles. The third-order valence-corrected chi connectivity index (χ3v) is 3.49. The van der Waals surface area contributed by atoms with Gasteiger partial charge in [-0.15, -0.1) is 6.58 Å². The minimum atomic E-state index is 0.0746. The van der Waals surface area contributed by atoms with Crippen molar-refractivity contribution in [2.45, 2.75) is 20.3 Å². The Labute approximate surface area is 111 Å². The molecule has 0 aliphatic heterocycles. The molecule has 0 radical (unpaired) electrons. The number of nitrogens with zero attached hydrogens (tertiary/aromatic N) is 1. The number of carbonyl (C=O) groups excluding carboxylic acids is 1. The second-order valence-corrected chi connectivity index (χ2v) is 4.81. The van der Waals surface area contributed by atoms with E-state index in [1.54, 1.807) is 6.08 Å². The van der Waals surface area contributed by atoms with Gasteiger partial charge in [-0.1, -0.05) is 35.0 Å². The van der Waals surface area contributed by atoms with Crippen LogP contribution >= 0.6 is 15.9 Å². The van der Waals surface area contributed by atoms with Crippen molar-refractivity contribution >= 4 is 21.8 Å². The minimum absolute atomic E-state index is 0.0746. The van der Waals surface area contributed by atoms with Crippen molar-refractivity contribution in [3.05, 3.63) is 46.5 Å². The van der Waals surface area contributed by atoms with Crippen molar-refractivity contribution in [1.29, 1.82) is 0 Å². The highest BCUT2D eigenvalue weighted by atomic mass is 79.9. The quantitative estimate of drug-likeness (QED) is 0.757. The summed E-state index contributed by atoms with van der Waals surface area (Å²) in [6.07, 6.45) is 2.72. The Kier molecular flexibility index (Phi) is 5.42. The third kappa shape index (κ3) is 3.43. The van der Waals surface area contributed by atoms with E-state index in [4.69, 9.17) is 0 Å². The number of rotatable bonds is 5. The van der Waals surface area contributed by atoms with E-state index in [-0.39, 0.29) is 5.91 Å². The van der Waals surface area contributed by atoms with Gasteiger partial charge in [-0.05, 0) is 31.0 Å². The number of hydrogen-bond acceptors (Lipinski definition) is 1. The van der Waals surface area contributed by atoms with E-state index < -0.39 is 0 Å². The normalized spacial score (nSPS) is 10.1. The van der Waals surface area contributed by atoms with E-state index in [1.807, 2.05) is 30.0 Å². The lowest BCUT2D eigenvalue weighted by atomic mass is 10.1. The smallest absolute Gasteiger partial charge is 0.254 e. The molecule has 2 nitrogen and oxygen atoms in total. The largest absolute Gasteiger partial charge is 0.335 e. The maximum absolute atomic E-state index is 12.4. The molecular formula is C14H18BrNO. The van der Waals surface area contributed by atoms with Crippen molar-refractivity contribution in [2.75, 3.05) is 13.1 Å². The topological polar surface area (TPSA) is 20.3 Å². The van der Waals surface area contributed by atoms with Crippen molar-refractivity contribution < 1.29 is 4.79 Å². The Morgan fingerprint density at radius 2 is 2.24 bits per heavy atom. The first kappa shape index (κ1) is 14.0. The molecule has 17 heavy (non-hydrogen) atoms. The molecule has 0 bridgehead atoms. The molecule has 0 aliphatic rings. The summed E-state index contributed by atoms with van der Waals surface area (Å²) in [7, 11) is 0. The zero-order chi connectivity index (χ0) is 12.8. The van der Waals surface area contributed by atoms with Gasteiger partial charge in [0.25, 0.3) is 5.91 Å². The summed E-state index contributed by atoms with van der Waals surface area (Å²) in [5, 5.41) is 0. The van der Waals surface area contributed by atoms with Crippen LogP contribution in [0.1, 0.15) is 29.3 Å². The average Bonchev–Trinajstić information content (AvgIpc) is 2.31. The van der Waals surface area contributed by atoms with Gasteiger partial charge >= 0.3 is 0 Å². The standard InChI is InChI=1S/C14H18BrNO/c1-4-9-16(10-5-2)14(17)12-7-6-8-13(15)11(12)3/h4,6-8H,1,5,9-10H2,2-3H3. The SMILES string of the molecule is C=CCN(CCC)C(=O)c1cccc(Br)c1C. The van der Waals surface area contributed by atoms with Gasteiger partial charge in [0.2, 0.25) is 0 Å². The molecule has 0 aromatic heterocycles. The molecule has 0 saturated heterocycles. The van der Waals surface area contributed by atoms with Gasteiger partial charge < -0.3 is 4.90 Å². The molecule has 1 aromatic carbocycles. The molecule has 1 aromatic rings. The van der Waals surface area contributed by atoms with Crippen LogP contribution < -0.4 is 0 Å². The Balaban J connectivity index is 3.00. The van der Waals surface area contributed by atoms with Crippen molar-refractivity contribution in [3.8, 4) is 0 Å². The highest BCUT2D eigenvalue weighted by molar-refractivity contribution is 9.10. The molecule has 0 saturated carbocycles. The van der Waals surface area contributed by atoms with E-state index in [9.17, 15) is 4.79 Å². The zero-order valence-electron chi connectivity index (χ0n) is 10.4. The van der Waals surface area contributed by atoms with Gasteiger partial charge in [0.1, 0.15) is 0 Å². The van der Waals surface area contributed by atoms with Crippen molar-refractivity contribution in [2.24, 2.45) is 0 Å². The number of carbonyl (C=O) groups is 1. The minimum Gasteiger partial charge on any atom is -0.335 e. The Morgan fingerprint density at radius 1 is 1.53 bits per heavy atom. The maximum atomic E-state index is 12.4. The van der Waals surface area contributed by atoms with Gasteiger partial charge in [-0.2, -0.15) is 0 Å². The lowest BCUT2D eigenvalue weighted by Gasteiger charge is -2.21. The van der Waals surface area contributed by atoms with E-state index in [0.717, 1.165) is 28.6 Å². The second kappa shape index (κ2) is 6.60. The lowest BCUT2D eigenvalue weighted by Crippen LogP contribution is -2.32. The van der Waals surface area contributed by atoms with E-state index in [1.165, 1.54) is 0 Å². The van der Waals surface area contributed by atoms with Crippen LogP contribution in [0.3, 0.4) is 0 Å². The molecule has 0 aliphatic carbocycles. The van der Waals surface area contributed by atoms with Crippen molar-refractivity contribution in [3.63, 3.8) is 0 Å². The van der Waals surface area contributed by atoms with Crippen LogP contribution in [-0.2, 0) is 0 Å². The fourth-order valence-electron chi connectivity index (χ4n) is 1.71. The summed E-state index contributed by atoms with van der Waals surface area (Å²) in [6.45, 7) is 9.07. The van der Waals surface area contributed by atoms with Gasteiger partial charge in [-0.3, -0.25) is 4.79 Å². The fourth-order valence-corrected chi connectivity index (χ4v) is 2.08. The van der Waals surface area contributed by atoms with Gasteiger partial charge in [-0.25, -0.2) is 0 Å². The Morgan fingerprint density at radius 3 is 2.82 bits per heavy atom. The van der Waals surface area contributed by atoms with Crippen LogP contribution in [0, 0.1) is 6.92 Å². The molecule has 1 rings (SSSR count). The molecular weight excluding hydrogens is 278 g/mol. The number of halogens is 1. The van der Waals surface area contributed by atoms with Crippen molar-refractivity contribution in [1.82, 2.24) is 4.90 Å². The fraction of sp³-hybridized carbons (Fsp3) is 0.357. The summed E-state index contributed by atoms with van der Waals surface area (Å²) in [5.74, 6) is 0.0746. The van der Waals surface area contributed by atoms with Crippen LogP contribution in [0.4, 0.5) is 0 Å². The van der Waals surface area contributed by atoms with Gasteiger partial charge in [0, 0.05) is 23.1 Å². The van der Waals surface area contributed by atoms with Crippen LogP contribution in [0.25, 0.3) is 0 Å². The summed E-state index contributed by atoms with van der Waals surface area (Å²) in [4.78, 5) is 14.2. The molecule has 0 fully saturated rings. The lowest BCUT2D eigenvalue weighted by molar-refractivity contribution is 0.0773. The first-order valence-corrected chi connectivity index (χ1v) is 6.56. The molecule has 0 spiro atoms. The molecule has 92 valence electrons. The molecule has 1 amide bonds. The molecule has 0 N–H and O–H groups in total. The van der Waals surface area contributed by atoms with Gasteiger partial charge in [0.05, 0.1) is 0 Å². The predicted octanol–water partition coefficient (Wildman–Crippen LogP) is 3.80. The number of hydrogen-bond donors (Lipinski definition) is 0. The number of benzene rings is 1. The molecule has 0 unspecified atom stereocenters. The monoisotopic (exact) mass is 295 g/mol. The highest BCUT2D eigenvalue weighted by Crippen LogP contribution is 2.20. The molecule has 3 heteroatoms. The Hall–Kier alpha value is -1.09. The van der Waals surface area contributed by atoms with Crippen LogP contribution in [0.2, 0.25) is 0 Å². The third-order valence-electron chi connectivity index (χ3n) is 2.63. The highest BCUT2D eigenvalue weighted by Gasteiger charge is 2.16. The summed E-state index contributed by atoms with van der Waals surface area (Å²) in [6, 6.07) is 5.71. The Bertz CT molecular complexity index is 415. The van der Waals surface area contributed by atoms with Crippen LogP contribution in [-0.4, -0.2) is 23.9 Å². The predicted molar refractivity (Wildman–Crippen MR) is 75.3 cm³/mol. The first-order chi connectivity index (χ1) is 8.11. The summed E-state index contributed by atoms with van der Waals surface area (Å²) < 4.78 is 0.971. The first-order valence-electron chi connectivity index (χ1n) is 5.77. The average molecular weight is 296 g/mol. The van der Waals surface area contributed by atoms with E-state index >= 15 is 0 Å². The summed E-state index contributed by atoms with van der Waals surface area (Å²) in [5.41, 5.74) is 1.75. The van der Waals surface area contributed by atoms with E-state index in [2.05, 4.69) is 29.4 Å². The van der Waals surface area contributed by atoms with Crippen LogP contribution in [0.15, 0.2) is 35.3 Å². The summed E-state index contributed by atoms with van der Waals surface area (Å²) >= 11 is 3.45. The zero-order valence-corrected chi connectivity index (χ0v) is 12.0. The molecule has 0 atom stereocenters. The number of amides is 1. The maximum Gasteiger partial charge on any atom is 0.254 e. The van der Waals surface area contributed by atoms with Crippen LogP contribution in [0.5, 0.6) is 0 Å². The second-order valence-electron chi connectivity index (χ2n) is 3.95. The van der Waals surface area contributed by atoms with E-state index in [0.29, 0.717) is 6.54 Å². The van der Waals surface area contributed by atoms with Gasteiger partial charge in [0.15, 0.2) is 0 Å².